The topological polar surface area (TPSA) is 18.1 Å². The Morgan fingerprint density at radius 1 is 0.538 bits per heavy atom. The summed E-state index contributed by atoms with van der Waals surface area (Å²) in [4.78, 5) is 1.37. The van der Waals surface area contributed by atoms with Crippen molar-refractivity contribution < 1.29 is 4.42 Å². The van der Waals surface area contributed by atoms with Crippen molar-refractivity contribution in [3.05, 3.63) is 175 Å². The molecular weight excluding hydrogens is 671 g/mol. The Bertz CT molecular complexity index is 3190. The van der Waals surface area contributed by atoms with Crippen molar-refractivity contribution >= 4 is 92.6 Å². The fraction of sp³-hybridized carbons (Fsp3) is 0.0417. The van der Waals surface area contributed by atoms with Gasteiger partial charge in [0.15, 0.2) is 0 Å². The fourth-order valence-electron chi connectivity index (χ4n) is 8.96. The third-order valence-electron chi connectivity index (χ3n) is 11.2. The molecule has 0 saturated heterocycles. The molecule has 1 aliphatic heterocycles. The number of thioether (sulfide) groups is 1. The molecule has 3 aromatic heterocycles. The Hall–Kier alpha value is -5.81. The largest absolute Gasteiger partial charge is 0.456 e. The van der Waals surface area contributed by atoms with Gasteiger partial charge in [-0.25, -0.2) is 0 Å². The number of fused-ring (bicyclic) bond motifs is 12. The van der Waals surface area contributed by atoms with Crippen LogP contribution in [0.3, 0.4) is 0 Å². The molecule has 0 bridgehead atoms. The highest BCUT2D eigenvalue weighted by Crippen LogP contribution is 2.54. The monoisotopic (exact) mass is 699 g/mol. The lowest BCUT2D eigenvalue weighted by molar-refractivity contribution is 0.668. The van der Waals surface area contributed by atoms with Crippen LogP contribution >= 0.6 is 23.1 Å². The van der Waals surface area contributed by atoms with Crippen LogP contribution in [0.2, 0.25) is 0 Å². The molecule has 2 nitrogen and oxygen atoms in total. The average Bonchev–Trinajstić information content (AvgIpc) is 3.96. The summed E-state index contributed by atoms with van der Waals surface area (Å²) >= 11 is 3.90. The van der Waals surface area contributed by atoms with E-state index in [1.54, 1.807) is 0 Å². The molecule has 0 saturated carbocycles. The van der Waals surface area contributed by atoms with Gasteiger partial charge in [0.05, 0.1) is 11.0 Å². The molecule has 2 aliphatic rings. The smallest absolute Gasteiger partial charge is 0.137 e. The summed E-state index contributed by atoms with van der Waals surface area (Å²) in [6, 6.07) is 53.5. The van der Waals surface area contributed by atoms with Crippen LogP contribution in [0.25, 0.3) is 86.3 Å². The normalized spacial score (nSPS) is 16.8. The van der Waals surface area contributed by atoms with Crippen LogP contribution in [0.1, 0.15) is 17.0 Å². The number of hydrogen-bond donors (Lipinski definition) is 0. The van der Waals surface area contributed by atoms with E-state index < -0.39 is 0 Å². The van der Waals surface area contributed by atoms with Crippen molar-refractivity contribution in [2.45, 2.75) is 16.1 Å². The lowest BCUT2D eigenvalue weighted by Gasteiger charge is -2.26. The first-order chi connectivity index (χ1) is 25.8. The van der Waals surface area contributed by atoms with Gasteiger partial charge in [0.25, 0.3) is 0 Å². The van der Waals surface area contributed by atoms with Gasteiger partial charge in [0.1, 0.15) is 11.2 Å². The van der Waals surface area contributed by atoms with Crippen molar-refractivity contribution in [1.82, 2.24) is 4.57 Å². The molecule has 4 heteroatoms. The number of rotatable bonds is 3. The predicted octanol–water partition coefficient (Wildman–Crippen LogP) is 13.9. The second-order valence-corrected chi connectivity index (χ2v) is 16.1. The molecule has 0 radical (unpaired) electrons. The van der Waals surface area contributed by atoms with Gasteiger partial charge in [-0.1, -0.05) is 127 Å². The number of benzene rings is 7. The number of nitrogens with zero attached hydrogens (tertiary/aromatic N) is 1. The third-order valence-corrected chi connectivity index (χ3v) is 13.8. The van der Waals surface area contributed by atoms with Gasteiger partial charge in [-0.15, -0.1) is 23.1 Å². The maximum absolute atomic E-state index is 6.53. The van der Waals surface area contributed by atoms with E-state index in [9.17, 15) is 0 Å². The molecule has 0 amide bonds. The molecule has 0 spiro atoms. The van der Waals surface area contributed by atoms with E-state index in [-0.39, 0.29) is 5.92 Å². The van der Waals surface area contributed by atoms with Crippen LogP contribution in [0.4, 0.5) is 0 Å². The van der Waals surface area contributed by atoms with Crippen molar-refractivity contribution in [3.8, 4) is 16.8 Å². The van der Waals surface area contributed by atoms with Gasteiger partial charge < -0.3 is 8.98 Å². The lowest BCUT2D eigenvalue weighted by atomic mass is 9.84. The number of aromatic nitrogens is 1. The highest BCUT2D eigenvalue weighted by atomic mass is 32.2. The van der Waals surface area contributed by atoms with E-state index in [1.807, 2.05) is 29.2 Å². The third kappa shape index (κ3) is 3.96. The zero-order chi connectivity index (χ0) is 33.9. The summed E-state index contributed by atoms with van der Waals surface area (Å²) in [5.41, 5.74) is 12.1. The van der Waals surface area contributed by atoms with Crippen LogP contribution in [0.15, 0.2) is 173 Å². The summed E-state index contributed by atoms with van der Waals surface area (Å²) in [5.74, 6) is 0.202. The van der Waals surface area contributed by atoms with E-state index in [2.05, 4.69) is 162 Å². The molecule has 2 atom stereocenters. The molecular formula is C48H29NOS2. The van der Waals surface area contributed by atoms with Gasteiger partial charge in [-0.05, 0) is 47.0 Å². The van der Waals surface area contributed by atoms with Crippen LogP contribution < -0.4 is 0 Å². The SMILES string of the molecule is C1=CC(c2cccc3c4cccc(-c5cccc6c5sc5ccccc56)c4n(-c4ccc5c(c4)oc4ccccc45)c23)C2Sc3ccccc3C2=C1. The molecule has 10 aromatic rings. The van der Waals surface area contributed by atoms with Crippen molar-refractivity contribution in [3.63, 3.8) is 0 Å². The number of para-hydroxylation sites is 3. The molecule has 4 heterocycles. The standard InChI is InChI=1S/C48H29NOS2/c1-4-22-41-29(11-1)30-26-25-28(27-42(30)50-41)49-45-33(14-7-16-35(45)39-20-9-18-37-31-12-2-5-23-43(31)51-47(37)39)34-15-8-17-36(46(34)49)40-21-10-19-38-32-13-3-6-24-44(32)52-48(38)40/h1-27,39,47H. The average molecular weight is 700 g/mol. The van der Waals surface area contributed by atoms with Gasteiger partial charge in [-0.2, -0.15) is 0 Å². The van der Waals surface area contributed by atoms with Crippen molar-refractivity contribution in [1.29, 1.82) is 0 Å². The Morgan fingerprint density at radius 2 is 1.25 bits per heavy atom. The van der Waals surface area contributed by atoms with E-state index in [0.717, 1.165) is 27.6 Å². The first-order valence-corrected chi connectivity index (χ1v) is 19.5. The first kappa shape index (κ1) is 28.8. The summed E-state index contributed by atoms with van der Waals surface area (Å²) in [7, 11) is 0. The minimum atomic E-state index is 0.202. The minimum absolute atomic E-state index is 0.202. The van der Waals surface area contributed by atoms with Crippen LogP contribution in [-0.4, -0.2) is 9.82 Å². The quantitative estimate of drug-likeness (QED) is 0.183. The minimum Gasteiger partial charge on any atom is -0.456 e. The Labute approximate surface area is 307 Å². The molecule has 12 rings (SSSR count). The molecule has 0 fully saturated rings. The Morgan fingerprint density at radius 3 is 2.19 bits per heavy atom. The van der Waals surface area contributed by atoms with E-state index in [0.29, 0.717) is 5.25 Å². The summed E-state index contributed by atoms with van der Waals surface area (Å²) < 4.78 is 11.7. The predicted molar refractivity (Wildman–Crippen MR) is 222 cm³/mol. The molecule has 7 aromatic carbocycles. The highest BCUT2D eigenvalue weighted by molar-refractivity contribution is 8.01. The number of furan rings is 1. The van der Waals surface area contributed by atoms with Crippen LogP contribution in [0.5, 0.6) is 0 Å². The zero-order valence-electron chi connectivity index (χ0n) is 27.9. The number of hydrogen-bond acceptors (Lipinski definition) is 3. The highest BCUT2D eigenvalue weighted by Gasteiger charge is 2.36. The Balaban J connectivity index is 1.18. The van der Waals surface area contributed by atoms with Crippen molar-refractivity contribution in [2.24, 2.45) is 0 Å². The maximum Gasteiger partial charge on any atom is 0.137 e. The lowest BCUT2D eigenvalue weighted by Crippen LogP contribution is -2.15. The number of allylic oxidation sites excluding steroid dienone is 3. The van der Waals surface area contributed by atoms with Gasteiger partial charge in [0, 0.05) is 80.7 Å². The Kier molecular flexibility index (Phi) is 6.02. The second kappa shape index (κ2) is 10.8. The van der Waals surface area contributed by atoms with E-state index in [1.165, 1.54) is 74.7 Å². The maximum atomic E-state index is 6.53. The molecule has 0 N–H and O–H groups in total. The second-order valence-electron chi connectivity index (χ2n) is 13.9. The molecule has 2 unspecified atom stereocenters. The van der Waals surface area contributed by atoms with Gasteiger partial charge in [-0.3, -0.25) is 0 Å². The molecule has 52 heavy (non-hydrogen) atoms. The van der Waals surface area contributed by atoms with Crippen molar-refractivity contribution in [2.75, 3.05) is 0 Å². The van der Waals surface area contributed by atoms with Crippen LogP contribution in [0, 0.1) is 0 Å². The van der Waals surface area contributed by atoms with E-state index >= 15 is 0 Å². The van der Waals surface area contributed by atoms with Gasteiger partial charge in [0.2, 0.25) is 0 Å². The van der Waals surface area contributed by atoms with Gasteiger partial charge >= 0.3 is 0 Å². The molecule has 244 valence electrons. The van der Waals surface area contributed by atoms with E-state index in [4.69, 9.17) is 4.42 Å². The summed E-state index contributed by atoms with van der Waals surface area (Å²) in [6.45, 7) is 0. The number of thiophene rings is 1. The first-order valence-electron chi connectivity index (χ1n) is 17.8. The summed E-state index contributed by atoms with van der Waals surface area (Å²) in [5, 5.41) is 7.75. The summed E-state index contributed by atoms with van der Waals surface area (Å²) in [6.07, 6.45) is 7.03. The molecule has 1 aliphatic carbocycles. The fourth-order valence-corrected chi connectivity index (χ4v) is 11.6. The zero-order valence-corrected chi connectivity index (χ0v) is 29.5. The van der Waals surface area contributed by atoms with Crippen LogP contribution in [-0.2, 0) is 0 Å².